The number of hydrogen-bond acceptors (Lipinski definition) is 2. The average Bonchev–Trinajstić information content (AvgIpc) is 3.21. The topological polar surface area (TPSA) is 54.2 Å². The number of guanidine groups is 1. The number of rotatable bonds is 6. The zero-order chi connectivity index (χ0) is 18.2. The van der Waals surface area contributed by atoms with Crippen LogP contribution in [0.4, 0.5) is 0 Å². The lowest BCUT2D eigenvalue weighted by molar-refractivity contribution is 0.792. The molecular weight excluding hydrogens is 449 g/mol. The Kier molecular flexibility index (Phi) is 8.32. The van der Waals surface area contributed by atoms with Gasteiger partial charge < -0.3 is 10.6 Å². The van der Waals surface area contributed by atoms with E-state index in [1.54, 1.807) is 13.2 Å². The van der Waals surface area contributed by atoms with Gasteiger partial charge in [-0.2, -0.15) is 5.10 Å². The number of nitrogens with zero attached hydrogens (tertiary/aromatic N) is 3. The molecule has 0 radical (unpaired) electrons. The van der Waals surface area contributed by atoms with Gasteiger partial charge in [0, 0.05) is 32.5 Å². The Morgan fingerprint density at radius 3 is 2.48 bits per heavy atom. The summed E-state index contributed by atoms with van der Waals surface area (Å²) in [6.45, 7) is 3.72. The number of nitrogens with one attached hydrogen (secondary N) is 2. The minimum atomic E-state index is 0. The van der Waals surface area contributed by atoms with E-state index in [2.05, 4.69) is 76.2 Å². The molecule has 0 atom stereocenters. The van der Waals surface area contributed by atoms with Crippen molar-refractivity contribution in [3.63, 3.8) is 0 Å². The predicted octanol–water partition coefficient (Wildman–Crippen LogP) is 3.71. The number of benzene rings is 2. The van der Waals surface area contributed by atoms with Crippen molar-refractivity contribution in [3.8, 4) is 5.69 Å². The molecule has 0 aliphatic heterocycles. The molecule has 2 aromatic carbocycles. The van der Waals surface area contributed by atoms with Crippen LogP contribution in [-0.2, 0) is 13.0 Å². The molecule has 0 aliphatic carbocycles. The first-order valence-electron chi connectivity index (χ1n) is 8.84. The van der Waals surface area contributed by atoms with E-state index in [1.165, 1.54) is 16.7 Å². The van der Waals surface area contributed by atoms with Crippen LogP contribution < -0.4 is 10.6 Å². The van der Waals surface area contributed by atoms with Crippen LogP contribution in [0.2, 0.25) is 0 Å². The van der Waals surface area contributed by atoms with Crippen molar-refractivity contribution in [1.82, 2.24) is 20.4 Å². The molecule has 142 valence electrons. The maximum Gasteiger partial charge on any atom is 0.191 e. The first-order valence-corrected chi connectivity index (χ1v) is 8.84. The molecule has 3 aromatic rings. The van der Waals surface area contributed by atoms with Crippen molar-refractivity contribution >= 4 is 29.9 Å². The van der Waals surface area contributed by atoms with Crippen LogP contribution in [0.3, 0.4) is 0 Å². The molecule has 0 saturated carbocycles. The molecule has 1 heterocycles. The maximum absolute atomic E-state index is 4.29. The summed E-state index contributed by atoms with van der Waals surface area (Å²) in [7, 11) is 1.80. The number of aryl methyl sites for hydroxylation is 1. The largest absolute Gasteiger partial charge is 0.356 e. The molecule has 6 heteroatoms. The third-order valence-electron chi connectivity index (χ3n) is 4.34. The van der Waals surface area contributed by atoms with E-state index >= 15 is 0 Å². The fourth-order valence-corrected chi connectivity index (χ4v) is 2.77. The minimum absolute atomic E-state index is 0. The third kappa shape index (κ3) is 6.09. The van der Waals surface area contributed by atoms with Gasteiger partial charge in [0.1, 0.15) is 0 Å². The normalized spacial score (nSPS) is 11.0. The van der Waals surface area contributed by atoms with Gasteiger partial charge in [0.15, 0.2) is 5.96 Å². The Hall–Kier alpha value is -2.35. The zero-order valence-electron chi connectivity index (χ0n) is 15.7. The first kappa shape index (κ1) is 21.0. The van der Waals surface area contributed by atoms with Gasteiger partial charge in [0.05, 0.1) is 5.69 Å². The number of aromatic nitrogens is 2. The standard InChI is InChI=1S/C21H25N5.HI/c1-17-6-3-4-7-19(17)16-24-21(22-2)23-14-12-18-8-10-20(11-9-18)26-15-5-13-25-26;/h3-11,13,15H,12,14,16H2,1-2H3,(H2,22,23,24);1H. The van der Waals surface area contributed by atoms with E-state index in [9.17, 15) is 0 Å². The highest BCUT2D eigenvalue weighted by atomic mass is 127. The number of aliphatic imine (C=N–C) groups is 1. The lowest BCUT2D eigenvalue weighted by atomic mass is 10.1. The Balaban J connectivity index is 0.00000261. The molecule has 1 aromatic heterocycles. The SMILES string of the molecule is CN=C(NCCc1ccc(-n2cccn2)cc1)NCc1ccccc1C.I. The lowest BCUT2D eigenvalue weighted by Crippen LogP contribution is -2.38. The summed E-state index contributed by atoms with van der Waals surface area (Å²) in [4.78, 5) is 4.29. The molecule has 0 fully saturated rings. The highest BCUT2D eigenvalue weighted by molar-refractivity contribution is 14.0. The quantitative estimate of drug-likeness (QED) is 0.325. The van der Waals surface area contributed by atoms with E-state index in [0.717, 1.165) is 31.2 Å². The van der Waals surface area contributed by atoms with Crippen LogP contribution in [-0.4, -0.2) is 29.3 Å². The van der Waals surface area contributed by atoms with Gasteiger partial charge in [0.25, 0.3) is 0 Å². The third-order valence-corrected chi connectivity index (χ3v) is 4.34. The monoisotopic (exact) mass is 475 g/mol. The number of hydrogen-bond donors (Lipinski definition) is 2. The summed E-state index contributed by atoms with van der Waals surface area (Å²) in [5, 5.41) is 11.0. The van der Waals surface area contributed by atoms with Crippen molar-refractivity contribution in [2.24, 2.45) is 4.99 Å². The molecule has 2 N–H and O–H groups in total. The van der Waals surface area contributed by atoms with Crippen LogP contribution in [0.1, 0.15) is 16.7 Å². The second-order valence-electron chi connectivity index (χ2n) is 6.15. The molecule has 0 spiro atoms. The molecular formula is C21H26IN5. The highest BCUT2D eigenvalue weighted by Crippen LogP contribution is 2.09. The van der Waals surface area contributed by atoms with Crippen LogP contribution in [0.25, 0.3) is 5.69 Å². The van der Waals surface area contributed by atoms with E-state index in [-0.39, 0.29) is 24.0 Å². The summed E-state index contributed by atoms with van der Waals surface area (Å²) in [5.41, 5.74) is 4.92. The van der Waals surface area contributed by atoms with E-state index in [4.69, 9.17) is 0 Å². The summed E-state index contributed by atoms with van der Waals surface area (Å²) in [5.74, 6) is 0.821. The Bertz CT molecular complexity index is 841. The fraction of sp³-hybridized carbons (Fsp3) is 0.238. The van der Waals surface area contributed by atoms with Crippen LogP contribution in [0.5, 0.6) is 0 Å². The second kappa shape index (κ2) is 10.7. The lowest BCUT2D eigenvalue weighted by Gasteiger charge is -2.13. The second-order valence-corrected chi connectivity index (χ2v) is 6.15. The van der Waals surface area contributed by atoms with E-state index in [0.29, 0.717) is 0 Å². The van der Waals surface area contributed by atoms with Gasteiger partial charge in [-0.3, -0.25) is 4.99 Å². The van der Waals surface area contributed by atoms with Gasteiger partial charge in [-0.1, -0.05) is 36.4 Å². The van der Waals surface area contributed by atoms with Crippen molar-refractivity contribution in [2.45, 2.75) is 19.9 Å². The summed E-state index contributed by atoms with van der Waals surface area (Å²) < 4.78 is 1.86. The maximum atomic E-state index is 4.29. The average molecular weight is 475 g/mol. The molecule has 0 unspecified atom stereocenters. The molecule has 0 saturated heterocycles. The predicted molar refractivity (Wildman–Crippen MR) is 122 cm³/mol. The molecule has 0 aliphatic rings. The van der Waals surface area contributed by atoms with Crippen LogP contribution in [0.15, 0.2) is 72.0 Å². The first-order chi connectivity index (χ1) is 12.8. The van der Waals surface area contributed by atoms with Gasteiger partial charge >= 0.3 is 0 Å². The van der Waals surface area contributed by atoms with Crippen molar-refractivity contribution in [1.29, 1.82) is 0 Å². The Morgan fingerprint density at radius 1 is 1.04 bits per heavy atom. The zero-order valence-corrected chi connectivity index (χ0v) is 18.1. The van der Waals surface area contributed by atoms with Crippen molar-refractivity contribution in [3.05, 3.63) is 83.7 Å². The van der Waals surface area contributed by atoms with Gasteiger partial charge in [-0.05, 0) is 48.2 Å². The van der Waals surface area contributed by atoms with Gasteiger partial charge in [0.2, 0.25) is 0 Å². The van der Waals surface area contributed by atoms with Crippen LogP contribution in [0, 0.1) is 6.92 Å². The fourth-order valence-electron chi connectivity index (χ4n) is 2.77. The Morgan fingerprint density at radius 2 is 1.81 bits per heavy atom. The molecule has 0 amide bonds. The molecule has 27 heavy (non-hydrogen) atoms. The van der Waals surface area contributed by atoms with Crippen molar-refractivity contribution in [2.75, 3.05) is 13.6 Å². The smallest absolute Gasteiger partial charge is 0.191 e. The number of halogens is 1. The van der Waals surface area contributed by atoms with Crippen LogP contribution >= 0.6 is 24.0 Å². The summed E-state index contributed by atoms with van der Waals surface area (Å²) in [6, 6.07) is 18.8. The van der Waals surface area contributed by atoms with Gasteiger partial charge in [-0.15, -0.1) is 24.0 Å². The van der Waals surface area contributed by atoms with Gasteiger partial charge in [-0.25, -0.2) is 4.68 Å². The van der Waals surface area contributed by atoms with E-state index < -0.39 is 0 Å². The molecule has 3 rings (SSSR count). The summed E-state index contributed by atoms with van der Waals surface area (Å²) in [6.07, 6.45) is 4.67. The summed E-state index contributed by atoms with van der Waals surface area (Å²) >= 11 is 0. The minimum Gasteiger partial charge on any atom is -0.356 e. The van der Waals surface area contributed by atoms with E-state index in [1.807, 2.05) is 16.9 Å². The molecule has 5 nitrogen and oxygen atoms in total. The molecule has 0 bridgehead atoms. The Labute approximate surface area is 177 Å². The highest BCUT2D eigenvalue weighted by Gasteiger charge is 2.01. The van der Waals surface area contributed by atoms with Crippen molar-refractivity contribution < 1.29 is 0 Å².